The van der Waals surface area contributed by atoms with E-state index in [1.165, 1.54) is 61.2 Å². The highest BCUT2D eigenvalue weighted by atomic mass is 15.1. The first kappa shape index (κ1) is 49.5. The minimum Gasteiger partial charge on any atom is -0.397 e. The van der Waals surface area contributed by atoms with Crippen molar-refractivity contribution in [1.82, 2.24) is 0 Å². The molecule has 0 radical (unpaired) electrons. The Labute approximate surface area is 371 Å². The van der Waals surface area contributed by atoms with E-state index in [9.17, 15) is 0 Å². The van der Waals surface area contributed by atoms with Gasteiger partial charge >= 0.3 is 0 Å². The normalized spacial score (nSPS) is 12.5. The molecule has 320 valence electrons. The Bertz CT molecular complexity index is 2290. The van der Waals surface area contributed by atoms with E-state index in [1.807, 2.05) is 65.0 Å². The van der Waals surface area contributed by atoms with Gasteiger partial charge in [-0.2, -0.15) is 0 Å². The number of rotatable bonds is 11. The van der Waals surface area contributed by atoms with Crippen LogP contribution in [0.25, 0.3) is 22.3 Å². The van der Waals surface area contributed by atoms with Crippen LogP contribution in [0, 0.1) is 6.92 Å². The third kappa shape index (κ3) is 11.5. The molecule has 0 aromatic heterocycles. The van der Waals surface area contributed by atoms with Gasteiger partial charge in [-0.05, 0) is 113 Å². The number of aryl methyl sites for hydroxylation is 1. The van der Waals surface area contributed by atoms with Crippen molar-refractivity contribution in [3.05, 3.63) is 216 Å². The van der Waals surface area contributed by atoms with E-state index < -0.39 is 5.41 Å². The van der Waals surface area contributed by atoms with Crippen LogP contribution in [0.4, 0.5) is 11.4 Å². The molecule has 0 aliphatic heterocycles. The lowest BCUT2D eigenvalue weighted by Gasteiger charge is -2.35. The smallest absolute Gasteiger partial charge is 0.0605 e. The molecule has 0 saturated carbocycles. The van der Waals surface area contributed by atoms with Gasteiger partial charge in [-0.25, -0.2) is 0 Å². The molecule has 6 aromatic carbocycles. The second-order valence-electron chi connectivity index (χ2n) is 15.5. The lowest BCUT2D eigenvalue weighted by atomic mass is 9.68. The zero-order valence-electron chi connectivity index (χ0n) is 39.4. The summed E-state index contributed by atoms with van der Waals surface area (Å²) in [6, 6.07) is 51.0. The van der Waals surface area contributed by atoms with Gasteiger partial charge in [0.05, 0.1) is 11.4 Å². The van der Waals surface area contributed by atoms with E-state index in [0.717, 1.165) is 37.3 Å². The van der Waals surface area contributed by atoms with Gasteiger partial charge in [-0.1, -0.05) is 201 Å². The van der Waals surface area contributed by atoms with E-state index >= 15 is 0 Å². The van der Waals surface area contributed by atoms with Crippen LogP contribution in [0.5, 0.6) is 0 Å². The molecular formula is C59H74N2. The topological polar surface area (TPSA) is 29.3 Å². The Morgan fingerprint density at radius 1 is 0.623 bits per heavy atom. The van der Waals surface area contributed by atoms with Crippen molar-refractivity contribution in [2.75, 3.05) is 17.2 Å². The molecule has 2 N–H and O–H groups in total. The maximum absolute atomic E-state index is 6.38. The molecule has 6 aromatic rings. The largest absolute Gasteiger partial charge is 0.397 e. The SMILES string of the molecule is C/C=C\CC.C=CCC.C=CCN(Cc1ccc(-c2ccccc2C(C)(c2ccccc2)c2ccc3c(c2)-c2ccccc2C3(C)C)c(C)c1)c1ccccc1N.CC.CC. The number of para-hydroxylation sites is 2. The Morgan fingerprint density at radius 3 is 1.80 bits per heavy atom. The lowest BCUT2D eigenvalue weighted by Crippen LogP contribution is -2.26. The third-order valence-corrected chi connectivity index (χ3v) is 11.3. The summed E-state index contributed by atoms with van der Waals surface area (Å²) >= 11 is 0. The predicted octanol–water partition coefficient (Wildman–Crippen LogP) is 16.7. The molecule has 7 rings (SSSR count). The van der Waals surface area contributed by atoms with Crippen LogP contribution in [0.1, 0.15) is 121 Å². The third-order valence-electron chi connectivity index (χ3n) is 11.3. The highest BCUT2D eigenvalue weighted by Crippen LogP contribution is 2.51. The Morgan fingerprint density at radius 2 is 1.21 bits per heavy atom. The Hall–Kier alpha value is -5.86. The molecule has 0 spiro atoms. The molecule has 0 heterocycles. The van der Waals surface area contributed by atoms with Crippen molar-refractivity contribution in [2.45, 2.75) is 106 Å². The van der Waals surface area contributed by atoms with Crippen LogP contribution in [0.15, 0.2) is 177 Å². The number of nitrogens with zero attached hydrogens (tertiary/aromatic N) is 1. The van der Waals surface area contributed by atoms with E-state index in [0.29, 0.717) is 0 Å². The summed E-state index contributed by atoms with van der Waals surface area (Å²) in [6.07, 6.45) is 10.2. The zero-order valence-corrected chi connectivity index (χ0v) is 39.4. The average molecular weight is 811 g/mol. The number of benzene rings is 6. The van der Waals surface area contributed by atoms with Gasteiger partial charge in [0.15, 0.2) is 0 Å². The minimum absolute atomic E-state index is 0.0299. The first-order valence-corrected chi connectivity index (χ1v) is 22.5. The Kier molecular flexibility index (Phi) is 19.8. The van der Waals surface area contributed by atoms with Gasteiger partial charge in [0.1, 0.15) is 0 Å². The van der Waals surface area contributed by atoms with Gasteiger partial charge in [0.2, 0.25) is 0 Å². The van der Waals surface area contributed by atoms with E-state index in [-0.39, 0.29) is 5.41 Å². The number of hydrogen-bond acceptors (Lipinski definition) is 2. The van der Waals surface area contributed by atoms with Crippen LogP contribution in [-0.4, -0.2) is 6.54 Å². The number of anilines is 2. The van der Waals surface area contributed by atoms with Gasteiger partial charge in [0, 0.05) is 23.9 Å². The standard InChI is InChI=1S/C46H44N2.C5H10.C4H8.2C2H6/c1-6-28-48(44-23-15-14-22-43(44)47)31-33-24-26-36(32(2)29-33)37-18-11-13-21-42(37)46(5,34-16-8-7-9-17-34)35-25-27-41-39(30-35)38-19-10-12-20-40(38)45(41,3)4;1-3-5-4-2;1-3-4-2;2*1-2/h6-27,29-30H,1,28,31,47H2,2-5H3;3,5H,4H2,1-2H3;3H,1,4H2,2H3;2*1-2H3/b;5-3-;;;. The maximum Gasteiger partial charge on any atom is 0.0605 e. The summed E-state index contributed by atoms with van der Waals surface area (Å²) in [4.78, 5) is 2.28. The molecule has 0 bridgehead atoms. The quantitative estimate of drug-likeness (QED) is 0.0802. The summed E-state index contributed by atoms with van der Waals surface area (Å²) in [7, 11) is 0. The van der Waals surface area contributed by atoms with E-state index in [2.05, 4.69) is 193 Å². The number of allylic oxidation sites excluding steroid dienone is 3. The molecule has 2 heteroatoms. The van der Waals surface area contributed by atoms with E-state index in [1.54, 1.807) is 0 Å². The monoisotopic (exact) mass is 811 g/mol. The van der Waals surface area contributed by atoms with Gasteiger partial charge in [-0.15, -0.1) is 13.2 Å². The second kappa shape index (κ2) is 24.4. The van der Waals surface area contributed by atoms with Gasteiger partial charge in [-0.3, -0.25) is 0 Å². The van der Waals surface area contributed by atoms with Crippen molar-refractivity contribution in [3.8, 4) is 22.3 Å². The molecule has 1 atom stereocenters. The predicted molar refractivity (Wildman–Crippen MR) is 273 cm³/mol. The average Bonchev–Trinajstić information content (AvgIpc) is 3.53. The van der Waals surface area contributed by atoms with Crippen molar-refractivity contribution >= 4 is 11.4 Å². The van der Waals surface area contributed by atoms with Crippen molar-refractivity contribution in [3.63, 3.8) is 0 Å². The van der Waals surface area contributed by atoms with Gasteiger partial charge < -0.3 is 10.6 Å². The molecule has 0 amide bonds. The highest BCUT2D eigenvalue weighted by molar-refractivity contribution is 5.82. The summed E-state index contributed by atoms with van der Waals surface area (Å²) in [6.45, 7) is 32.5. The zero-order chi connectivity index (χ0) is 45.0. The maximum atomic E-state index is 6.38. The number of nitrogen functional groups attached to an aromatic ring is 1. The van der Waals surface area contributed by atoms with Crippen molar-refractivity contribution in [2.24, 2.45) is 0 Å². The fourth-order valence-corrected chi connectivity index (χ4v) is 8.20. The fourth-order valence-electron chi connectivity index (χ4n) is 8.20. The number of fused-ring (bicyclic) bond motifs is 3. The van der Waals surface area contributed by atoms with Crippen LogP contribution >= 0.6 is 0 Å². The second-order valence-corrected chi connectivity index (χ2v) is 15.5. The summed E-state index contributed by atoms with van der Waals surface area (Å²) < 4.78 is 0. The summed E-state index contributed by atoms with van der Waals surface area (Å²) in [5, 5.41) is 0. The van der Waals surface area contributed by atoms with Crippen LogP contribution < -0.4 is 10.6 Å². The van der Waals surface area contributed by atoms with E-state index in [4.69, 9.17) is 5.73 Å². The minimum atomic E-state index is -0.398. The molecule has 2 nitrogen and oxygen atoms in total. The number of hydrogen-bond donors (Lipinski definition) is 1. The summed E-state index contributed by atoms with van der Waals surface area (Å²) in [5.41, 5.74) is 22.1. The fraction of sp³-hybridized carbons (Fsp3) is 0.288. The van der Waals surface area contributed by atoms with Crippen LogP contribution in [0.3, 0.4) is 0 Å². The lowest BCUT2D eigenvalue weighted by molar-refractivity contribution is 0.657. The molecule has 1 unspecified atom stereocenters. The van der Waals surface area contributed by atoms with Crippen LogP contribution in [-0.2, 0) is 17.4 Å². The first-order chi connectivity index (χ1) is 29.6. The molecule has 0 fully saturated rings. The number of nitrogens with two attached hydrogens (primary N) is 1. The molecule has 1 aliphatic carbocycles. The van der Waals surface area contributed by atoms with Crippen molar-refractivity contribution in [1.29, 1.82) is 0 Å². The Balaban J connectivity index is 0.000000679. The first-order valence-electron chi connectivity index (χ1n) is 22.5. The molecule has 61 heavy (non-hydrogen) atoms. The molecule has 1 aliphatic rings. The van der Waals surface area contributed by atoms with Crippen LogP contribution in [0.2, 0.25) is 0 Å². The summed E-state index contributed by atoms with van der Waals surface area (Å²) in [5.74, 6) is 0. The molecular weight excluding hydrogens is 737 g/mol. The van der Waals surface area contributed by atoms with Crippen molar-refractivity contribution < 1.29 is 0 Å². The van der Waals surface area contributed by atoms with Gasteiger partial charge in [0.25, 0.3) is 0 Å². The highest BCUT2D eigenvalue weighted by Gasteiger charge is 2.39. The molecule has 0 saturated heterocycles.